The molecule has 1 aliphatic rings. The van der Waals surface area contributed by atoms with Gasteiger partial charge in [-0.25, -0.2) is 0 Å². The number of fused-ring (bicyclic) bond motifs is 1. The molecule has 0 aromatic heterocycles. The largest absolute Gasteiger partial charge is 0.454 e. The van der Waals surface area contributed by atoms with E-state index in [1.165, 1.54) is 5.56 Å². The molecule has 2 aromatic rings. The highest BCUT2D eigenvalue weighted by atomic mass is 35.5. The van der Waals surface area contributed by atoms with Gasteiger partial charge in [0.1, 0.15) is 0 Å². The van der Waals surface area contributed by atoms with Crippen LogP contribution in [0.2, 0.25) is 5.02 Å². The number of aryl methyl sites for hydroxylation is 1. The summed E-state index contributed by atoms with van der Waals surface area (Å²) in [4.78, 5) is 0. The number of nitrogens with one attached hydrogen (secondary N) is 1. The van der Waals surface area contributed by atoms with Crippen molar-refractivity contribution in [3.63, 3.8) is 0 Å². The Morgan fingerprint density at radius 1 is 1.11 bits per heavy atom. The molecule has 2 aromatic carbocycles. The van der Waals surface area contributed by atoms with Crippen LogP contribution >= 0.6 is 11.6 Å². The number of hydrogen-bond acceptors (Lipinski definition) is 3. The fourth-order valence-electron chi connectivity index (χ4n) is 2.03. The van der Waals surface area contributed by atoms with E-state index in [2.05, 4.69) is 12.2 Å². The van der Waals surface area contributed by atoms with Gasteiger partial charge in [-0.15, -0.1) is 0 Å². The van der Waals surface area contributed by atoms with Crippen molar-refractivity contribution in [2.24, 2.45) is 0 Å². The van der Waals surface area contributed by atoms with Crippen LogP contribution in [0.4, 0.5) is 5.69 Å². The first-order valence-corrected chi connectivity index (χ1v) is 6.49. The van der Waals surface area contributed by atoms with Gasteiger partial charge in [0.15, 0.2) is 11.5 Å². The molecule has 0 amide bonds. The summed E-state index contributed by atoms with van der Waals surface area (Å²) in [5, 5.41) is 4.12. The lowest BCUT2D eigenvalue weighted by Gasteiger charge is -2.10. The van der Waals surface area contributed by atoms with E-state index in [0.717, 1.165) is 34.3 Å². The fourth-order valence-corrected chi connectivity index (χ4v) is 2.20. The summed E-state index contributed by atoms with van der Waals surface area (Å²) in [7, 11) is 0. The summed E-state index contributed by atoms with van der Waals surface area (Å²) in [6.07, 6.45) is 0. The summed E-state index contributed by atoms with van der Waals surface area (Å²) >= 11 is 6.00. The predicted molar refractivity (Wildman–Crippen MR) is 76.1 cm³/mol. The zero-order valence-electron chi connectivity index (χ0n) is 10.6. The van der Waals surface area contributed by atoms with Crippen molar-refractivity contribution in [1.82, 2.24) is 0 Å². The number of hydrogen-bond donors (Lipinski definition) is 1. The van der Waals surface area contributed by atoms with Crippen molar-refractivity contribution in [2.75, 3.05) is 12.1 Å². The minimum absolute atomic E-state index is 0.305. The Morgan fingerprint density at radius 3 is 2.84 bits per heavy atom. The van der Waals surface area contributed by atoms with Crippen LogP contribution < -0.4 is 14.8 Å². The Balaban J connectivity index is 1.74. The Bertz CT molecular complexity index is 613. The molecule has 0 bridgehead atoms. The maximum absolute atomic E-state index is 6.00. The molecular formula is C15H14ClNO2. The average molecular weight is 276 g/mol. The molecule has 0 atom stereocenters. The summed E-state index contributed by atoms with van der Waals surface area (Å²) in [6.45, 7) is 3.08. The molecular weight excluding hydrogens is 262 g/mol. The minimum Gasteiger partial charge on any atom is -0.454 e. The van der Waals surface area contributed by atoms with Gasteiger partial charge in [0, 0.05) is 17.3 Å². The monoisotopic (exact) mass is 275 g/mol. The number of benzene rings is 2. The first-order valence-electron chi connectivity index (χ1n) is 6.11. The molecule has 0 unspecified atom stereocenters. The van der Waals surface area contributed by atoms with Crippen molar-refractivity contribution in [2.45, 2.75) is 13.5 Å². The van der Waals surface area contributed by atoms with Gasteiger partial charge in [0.2, 0.25) is 6.79 Å². The number of ether oxygens (including phenoxy) is 2. The van der Waals surface area contributed by atoms with E-state index in [4.69, 9.17) is 21.1 Å². The van der Waals surface area contributed by atoms with Crippen molar-refractivity contribution in [3.05, 3.63) is 52.5 Å². The smallest absolute Gasteiger partial charge is 0.231 e. The van der Waals surface area contributed by atoms with Gasteiger partial charge in [-0.2, -0.15) is 0 Å². The molecule has 3 nitrogen and oxygen atoms in total. The van der Waals surface area contributed by atoms with Gasteiger partial charge in [-0.05, 0) is 42.3 Å². The molecule has 0 radical (unpaired) electrons. The van der Waals surface area contributed by atoms with Gasteiger partial charge >= 0.3 is 0 Å². The van der Waals surface area contributed by atoms with Crippen molar-refractivity contribution in [1.29, 1.82) is 0 Å². The fraction of sp³-hybridized carbons (Fsp3) is 0.200. The normalized spacial score (nSPS) is 12.5. The van der Waals surface area contributed by atoms with E-state index in [1.807, 2.05) is 36.4 Å². The van der Waals surface area contributed by atoms with Crippen LogP contribution in [0, 0.1) is 6.92 Å². The molecule has 0 fully saturated rings. The summed E-state index contributed by atoms with van der Waals surface area (Å²) < 4.78 is 10.7. The Hall–Kier alpha value is -1.87. The molecule has 1 N–H and O–H groups in total. The Labute approximate surface area is 117 Å². The first kappa shape index (κ1) is 12.2. The highest BCUT2D eigenvalue weighted by Crippen LogP contribution is 2.32. The van der Waals surface area contributed by atoms with Gasteiger partial charge < -0.3 is 14.8 Å². The van der Waals surface area contributed by atoms with Crippen LogP contribution in [-0.2, 0) is 6.54 Å². The number of rotatable bonds is 3. The summed E-state index contributed by atoms with van der Waals surface area (Å²) in [5.74, 6) is 1.62. The second-order valence-corrected chi connectivity index (χ2v) is 4.94. The third-order valence-electron chi connectivity index (χ3n) is 3.12. The molecule has 0 saturated heterocycles. The molecule has 19 heavy (non-hydrogen) atoms. The van der Waals surface area contributed by atoms with E-state index < -0.39 is 0 Å². The van der Waals surface area contributed by atoms with Crippen LogP contribution in [0.1, 0.15) is 11.1 Å². The SMILES string of the molecule is Cc1ccc(Cl)cc1NCc1ccc2c(c1)OCO2. The summed E-state index contributed by atoms with van der Waals surface area (Å²) in [6, 6.07) is 11.8. The van der Waals surface area contributed by atoms with Crippen molar-refractivity contribution in [3.8, 4) is 11.5 Å². The van der Waals surface area contributed by atoms with Crippen LogP contribution in [0.3, 0.4) is 0 Å². The molecule has 3 rings (SSSR count). The molecule has 4 heteroatoms. The van der Waals surface area contributed by atoms with Gasteiger partial charge in [-0.3, -0.25) is 0 Å². The second-order valence-electron chi connectivity index (χ2n) is 4.50. The van der Waals surface area contributed by atoms with Crippen LogP contribution in [-0.4, -0.2) is 6.79 Å². The Morgan fingerprint density at radius 2 is 1.95 bits per heavy atom. The highest BCUT2D eigenvalue weighted by molar-refractivity contribution is 6.30. The number of anilines is 1. The number of halogens is 1. The average Bonchev–Trinajstić information content (AvgIpc) is 2.87. The third-order valence-corrected chi connectivity index (χ3v) is 3.35. The maximum Gasteiger partial charge on any atom is 0.231 e. The van der Waals surface area contributed by atoms with Crippen molar-refractivity contribution < 1.29 is 9.47 Å². The molecule has 1 aliphatic heterocycles. The molecule has 0 saturated carbocycles. The predicted octanol–water partition coefficient (Wildman–Crippen LogP) is 3.99. The lowest BCUT2D eigenvalue weighted by atomic mass is 10.1. The van der Waals surface area contributed by atoms with E-state index >= 15 is 0 Å². The van der Waals surface area contributed by atoms with Crippen LogP contribution in [0.15, 0.2) is 36.4 Å². The maximum atomic E-state index is 6.00. The van der Waals surface area contributed by atoms with Crippen LogP contribution in [0.5, 0.6) is 11.5 Å². The molecule has 0 aliphatic carbocycles. The lowest BCUT2D eigenvalue weighted by Crippen LogP contribution is -2.01. The van der Waals surface area contributed by atoms with Gasteiger partial charge in [-0.1, -0.05) is 23.7 Å². The van der Waals surface area contributed by atoms with E-state index in [0.29, 0.717) is 6.79 Å². The quantitative estimate of drug-likeness (QED) is 0.919. The summed E-state index contributed by atoms with van der Waals surface area (Å²) in [5.41, 5.74) is 3.36. The van der Waals surface area contributed by atoms with Crippen molar-refractivity contribution >= 4 is 17.3 Å². The lowest BCUT2D eigenvalue weighted by molar-refractivity contribution is 0.174. The zero-order chi connectivity index (χ0) is 13.2. The molecule has 0 spiro atoms. The topological polar surface area (TPSA) is 30.5 Å². The van der Waals surface area contributed by atoms with E-state index in [1.54, 1.807) is 0 Å². The standard InChI is InChI=1S/C15H14ClNO2/c1-10-2-4-12(16)7-13(10)17-8-11-3-5-14-15(6-11)19-9-18-14/h2-7,17H,8-9H2,1H3. The van der Waals surface area contributed by atoms with Gasteiger partial charge in [0.05, 0.1) is 0 Å². The molecule has 1 heterocycles. The van der Waals surface area contributed by atoms with E-state index in [-0.39, 0.29) is 0 Å². The third kappa shape index (κ3) is 2.61. The highest BCUT2D eigenvalue weighted by Gasteiger charge is 2.13. The van der Waals surface area contributed by atoms with Crippen LogP contribution in [0.25, 0.3) is 0 Å². The zero-order valence-corrected chi connectivity index (χ0v) is 11.3. The first-order chi connectivity index (χ1) is 9.22. The van der Waals surface area contributed by atoms with E-state index in [9.17, 15) is 0 Å². The molecule has 98 valence electrons. The Kier molecular flexibility index (Phi) is 3.22. The minimum atomic E-state index is 0.305. The second kappa shape index (κ2) is 5.02. The van der Waals surface area contributed by atoms with Gasteiger partial charge in [0.25, 0.3) is 0 Å².